The Bertz CT molecular complexity index is 626. The van der Waals surface area contributed by atoms with E-state index in [0.717, 1.165) is 4.47 Å². The number of hydrogen-bond acceptors (Lipinski definition) is 3. The summed E-state index contributed by atoms with van der Waals surface area (Å²) in [6.45, 7) is 0. The number of rotatable bonds is 3. The molecule has 0 atom stereocenters. The standard InChI is InChI=1S/C9H7Br2N3O2S/c10-6-1-2-8(11)9(3-6)14-17(15,16)7-4-12-13-5-7/h1-5,14H,(H,12,13). The van der Waals surface area contributed by atoms with Crippen LogP contribution in [0.3, 0.4) is 0 Å². The summed E-state index contributed by atoms with van der Waals surface area (Å²) in [6, 6.07) is 5.22. The summed E-state index contributed by atoms with van der Waals surface area (Å²) in [5.41, 5.74) is 0.459. The smallest absolute Gasteiger partial charge is 0.265 e. The summed E-state index contributed by atoms with van der Waals surface area (Å²) < 4.78 is 27.7. The first kappa shape index (κ1) is 12.6. The number of anilines is 1. The van der Waals surface area contributed by atoms with E-state index in [1.807, 2.05) is 0 Å². The maximum absolute atomic E-state index is 11.9. The van der Waals surface area contributed by atoms with E-state index in [0.29, 0.717) is 10.2 Å². The van der Waals surface area contributed by atoms with Gasteiger partial charge in [-0.15, -0.1) is 0 Å². The molecule has 2 N–H and O–H groups in total. The van der Waals surface area contributed by atoms with Crippen molar-refractivity contribution in [3.05, 3.63) is 39.5 Å². The van der Waals surface area contributed by atoms with Crippen LogP contribution in [0.4, 0.5) is 5.69 Å². The number of H-pyrrole nitrogens is 1. The third-order valence-electron chi connectivity index (χ3n) is 1.96. The quantitative estimate of drug-likeness (QED) is 0.859. The third kappa shape index (κ3) is 2.88. The van der Waals surface area contributed by atoms with Gasteiger partial charge in [-0.05, 0) is 34.1 Å². The Morgan fingerprint density at radius 2 is 2.06 bits per heavy atom. The van der Waals surface area contributed by atoms with Crippen molar-refractivity contribution in [2.75, 3.05) is 4.72 Å². The molecule has 0 saturated heterocycles. The van der Waals surface area contributed by atoms with Gasteiger partial charge in [0.05, 0.1) is 11.9 Å². The fraction of sp³-hybridized carbons (Fsp3) is 0. The van der Waals surface area contributed by atoms with Crippen LogP contribution in [0.5, 0.6) is 0 Å². The Hall–Kier alpha value is -0.860. The highest BCUT2D eigenvalue weighted by Crippen LogP contribution is 2.28. The molecule has 90 valence electrons. The zero-order valence-corrected chi connectivity index (χ0v) is 12.3. The number of aromatic nitrogens is 2. The van der Waals surface area contributed by atoms with Crippen molar-refractivity contribution in [3.8, 4) is 0 Å². The minimum atomic E-state index is -3.60. The van der Waals surface area contributed by atoms with E-state index in [1.54, 1.807) is 18.2 Å². The first-order chi connectivity index (χ1) is 7.99. The summed E-state index contributed by atoms with van der Waals surface area (Å²) in [6.07, 6.45) is 2.56. The second kappa shape index (κ2) is 4.79. The number of sulfonamides is 1. The van der Waals surface area contributed by atoms with E-state index < -0.39 is 10.0 Å². The lowest BCUT2D eigenvalue weighted by Gasteiger charge is -2.08. The zero-order chi connectivity index (χ0) is 12.5. The molecule has 17 heavy (non-hydrogen) atoms. The summed E-state index contributed by atoms with van der Waals surface area (Å²) in [4.78, 5) is 0.0874. The summed E-state index contributed by atoms with van der Waals surface area (Å²) in [5.74, 6) is 0. The van der Waals surface area contributed by atoms with Crippen LogP contribution in [-0.4, -0.2) is 18.6 Å². The van der Waals surface area contributed by atoms with Crippen LogP contribution in [0.15, 0.2) is 44.4 Å². The molecule has 0 aliphatic carbocycles. The van der Waals surface area contributed by atoms with Crippen LogP contribution in [0.1, 0.15) is 0 Å². The highest BCUT2D eigenvalue weighted by atomic mass is 79.9. The number of hydrogen-bond donors (Lipinski definition) is 2. The van der Waals surface area contributed by atoms with Gasteiger partial charge in [0.15, 0.2) is 0 Å². The van der Waals surface area contributed by atoms with Gasteiger partial charge < -0.3 is 0 Å². The molecule has 5 nitrogen and oxygen atoms in total. The second-order valence-electron chi connectivity index (χ2n) is 3.16. The molecular formula is C9H7Br2N3O2S. The number of aromatic amines is 1. The Balaban J connectivity index is 2.36. The van der Waals surface area contributed by atoms with E-state index in [2.05, 4.69) is 46.8 Å². The van der Waals surface area contributed by atoms with Gasteiger partial charge >= 0.3 is 0 Å². The van der Waals surface area contributed by atoms with Crippen molar-refractivity contribution in [1.82, 2.24) is 10.2 Å². The maximum Gasteiger partial charge on any atom is 0.265 e. The van der Waals surface area contributed by atoms with Gasteiger partial charge in [-0.25, -0.2) is 8.42 Å². The number of benzene rings is 1. The molecule has 2 rings (SSSR count). The average molecular weight is 381 g/mol. The lowest BCUT2D eigenvalue weighted by Crippen LogP contribution is -2.12. The minimum absolute atomic E-state index is 0.0874. The number of halogens is 2. The van der Waals surface area contributed by atoms with Crippen molar-refractivity contribution >= 4 is 47.6 Å². The van der Waals surface area contributed by atoms with Gasteiger partial charge in [0.1, 0.15) is 4.90 Å². The van der Waals surface area contributed by atoms with E-state index in [4.69, 9.17) is 0 Å². The van der Waals surface area contributed by atoms with Gasteiger partial charge in [0.2, 0.25) is 0 Å². The molecular weight excluding hydrogens is 374 g/mol. The van der Waals surface area contributed by atoms with Crippen molar-refractivity contribution in [2.45, 2.75) is 4.90 Å². The molecule has 0 fully saturated rings. The maximum atomic E-state index is 11.9. The largest absolute Gasteiger partial charge is 0.284 e. The van der Waals surface area contributed by atoms with Crippen LogP contribution in [0.2, 0.25) is 0 Å². The Morgan fingerprint density at radius 3 is 2.71 bits per heavy atom. The fourth-order valence-corrected chi connectivity index (χ4v) is 2.98. The molecule has 0 bridgehead atoms. The molecule has 0 spiro atoms. The molecule has 0 unspecified atom stereocenters. The second-order valence-corrected chi connectivity index (χ2v) is 6.62. The van der Waals surface area contributed by atoms with Crippen LogP contribution < -0.4 is 4.72 Å². The van der Waals surface area contributed by atoms with Gasteiger partial charge in [0.25, 0.3) is 10.0 Å². The highest BCUT2D eigenvalue weighted by Gasteiger charge is 2.16. The minimum Gasteiger partial charge on any atom is -0.284 e. The van der Waals surface area contributed by atoms with E-state index >= 15 is 0 Å². The molecule has 1 aromatic carbocycles. The third-order valence-corrected chi connectivity index (χ3v) is 4.47. The van der Waals surface area contributed by atoms with Gasteiger partial charge in [0, 0.05) is 15.1 Å². The molecule has 1 heterocycles. The van der Waals surface area contributed by atoms with Crippen LogP contribution >= 0.6 is 31.9 Å². The number of nitrogens with one attached hydrogen (secondary N) is 2. The predicted octanol–water partition coefficient (Wildman–Crippen LogP) is 2.74. The molecule has 0 amide bonds. The normalized spacial score (nSPS) is 11.4. The van der Waals surface area contributed by atoms with E-state index in [9.17, 15) is 8.42 Å². The lowest BCUT2D eigenvalue weighted by atomic mass is 10.3. The zero-order valence-electron chi connectivity index (χ0n) is 8.31. The molecule has 2 aromatic rings. The average Bonchev–Trinajstić information content (AvgIpc) is 2.77. The SMILES string of the molecule is O=S(=O)(Nc1cc(Br)ccc1Br)c1cn[nH]c1. The molecule has 8 heteroatoms. The Labute approximate surface area is 115 Å². The lowest BCUT2D eigenvalue weighted by molar-refractivity contribution is 0.601. The molecule has 0 aliphatic heterocycles. The first-order valence-electron chi connectivity index (χ1n) is 4.46. The summed E-state index contributed by atoms with van der Waals surface area (Å²) in [7, 11) is -3.60. The van der Waals surface area contributed by atoms with Crippen molar-refractivity contribution in [2.24, 2.45) is 0 Å². The monoisotopic (exact) mass is 379 g/mol. The Morgan fingerprint density at radius 1 is 1.29 bits per heavy atom. The predicted molar refractivity (Wildman–Crippen MR) is 71.2 cm³/mol. The van der Waals surface area contributed by atoms with Gasteiger partial charge in [-0.2, -0.15) is 5.10 Å². The first-order valence-corrected chi connectivity index (χ1v) is 7.52. The molecule has 1 aromatic heterocycles. The van der Waals surface area contributed by atoms with Gasteiger partial charge in [-0.3, -0.25) is 9.82 Å². The fourth-order valence-electron chi connectivity index (χ4n) is 1.17. The van der Waals surface area contributed by atoms with E-state index in [1.165, 1.54) is 12.4 Å². The topological polar surface area (TPSA) is 74.8 Å². The Kier molecular flexibility index (Phi) is 3.55. The van der Waals surface area contributed by atoms with Crippen LogP contribution in [0, 0.1) is 0 Å². The number of nitrogens with zero attached hydrogens (tertiary/aromatic N) is 1. The van der Waals surface area contributed by atoms with Crippen molar-refractivity contribution in [3.63, 3.8) is 0 Å². The van der Waals surface area contributed by atoms with Gasteiger partial charge in [-0.1, -0.05) is 15.9 Å². The van der Waals surface area contributed by atoms with E-state index in [-0.39, 0.29) is 4.90 Å². The van der Waals surface area contributed by atoms with Crippen molar-refractivity contribution < 1.29 is 8.42 Å². The molecule has 0 aliphatic rings. The van der Waals surface area contributed by atoms with Crippen molar-refractivity contribution in [1.29, 1.82) is 0 Å². The summed E-state index contributed by atoms with van der Waals surface area (Å²) in [5, 5.41) is 6.06. The molecule has 0 saturated carbocycles. The highest BCUT2D eigenvalue weighted by molar-refractivity contribution is 9.11. The summed E-state index contributed by atoms with van der Waals surface area (Å²) >= 11 is 6.55. The van der Waals surface area contributed by atoms with Crippen LogP contribution in [0.25, 0.3) is 0 Å². The molecule has 0 radical (unpaired) electrons. The van der Waals surface area contributed by atoms with Crippen LogP contribution in [-0.2, 0) is 10.0 Å².